The lowest BCUT2D eigenvalue weighted by atomic mass is 10.4. The number of sulfonamides is 1. The first-order valence-corrected chi connectivity index (χ1v) is 7.70. The molecule has 2 aromatic rings. The van der Waals surface area contributed by atoms with E-state index < -0.39 is 10.0 Å². The summed E-state index contributed by atoms with van der Waals surface area (Å²) in [5, 5.41) is 6.54. The van der Waals surface area contributed by atoms with Crippen molar-refractivity contribution < 1.29 is 12.9 Å². The van der Waals surface area contributed by atoms with Crippen LogP contribution in [0.1, 0.15) is 19.1 Å². The quantitative estimate of drug-likeness (QED) is 0.801. The lowest BCUT2D eigenvalue weighted by molar-refractivity contribution is 0.380. The van der Waals surface area contributed by atoms with Crippen LogP contribution in [0.5, 0.6) is 0 Å². The van der Waals surface area contributed by atoms with Gasteiger partial charge in [0.25, 0.3) is 10.0 Å². The molecule has 2 rings (SSSR count). The van der Waals surface area contributed by atoms with Gasteiger partial charge in [-0.2, -0.15) is 0 Å². The molecule has 0 saturated heterocycles. The van der Waals surface area contributed by atoms with Crippen molar-refractivity contribution in [1.82, 2.24) is 14.9 Å². The van der Waals surface area contributed by atoms with Crippen molar-refractivity contribution in [2.24, 2.45) is 0 Å². The van der Waals surface area contributed by atoms with Crippen LogP contribution in [-0.2, 0) is 16.6 Å². The van der Waals surface area contributed by atoms with Gasteiger partial charge in [0.15, 0.2) is 10.8 Å². The third-order valence-corrected chi connectivity index (χ3v) is 3.88. The van der Waals surface area contributed by atoms with Crippen LogP contribution in [0.15, 0.2) is 40.1 Å². The Morgan fingerprint density at radius 2 is 2.15 bits per heavy atom. The highest BCUT2D eigenvalue weighted by Gasteiger charge is 2.20. The molecule has 0 atom stereocenters. The van der Waals surface area contributed by atoms with E-state index in [0.29, 0.717) is 18.0 Å². The maximum atomic E-state index is 12.2. The van der Waals surface area contributed by atoms with E-state index in [1.165, 1.54) is 12.4 Å². The maximum absolute atomic E-state index is 12.2. The Bertz CT molecular complexity index is 640. The van der Waals surface area contributed by atoms with Crippen molar-refractivity contribution in [1.29, 1.82) is 0 Å². The van der Waals surface area contributed by atoms with Crippen LogP contribution in [0.4, 0.5) is 5.69 Å². The minimum Gasteiger partial charge on any atom is -0.383 e. The van der Waals surface area contributed by atoms with E-state index in [2.05, 4.69) is 20.2 Å². The third kappa shape index (κ3) is 3.55. The summed E-state index contributed by atoms with van der Waals surface area (Å²) in [6, 6.07) is 4.97. The van der Waals surface area contributed by atoms with Crippen LogP contribution in [0.3, 0.4) is 0 Å². The summed E-state index contributed by atoms with van der Waals surface area (Å²) >= 11 is 0. The van der Waals surface area contributed by atoms with E-state index >= 15 is 0 Å². The molecule has 0 aromatic carbocycles. The van der Waals surface area contributed by atoms with Crippen molar-refractivity contribution in [2.45, 2.75) is 24.9 Å². The Morgan fingerprint density at radius 3 is 2.85 bits per heavy atom. The first kappa shape index (κ1) is 14.5. The zero-order valence-corrected chi connectivity index (χ0v) is 11.9. The zero-order chi connectivity index (χ0) is 14.4. The second kappa shape index (κ2) is 6.49. The number of nitrogens with one attached hydrogen (secondary N) is 2. The molecule has 0 radical (unpaired) electrons. The number of pyridine rings is 1. The molecule has 108 valence electrons. The summed E-state index contributed by atoms with van der Waals surface area (Å²) in [6.07, 6.45) is 3.79. The minimum absolute atomic E-state index is 0.0204. The first-order chi connectivity index (χ1) is 9.63. The van der Waals surface area contributed by atoms with Crippen LogP contribution < -0.4 is 10.0 Å². The van der Waals surface area contributed by atoms with Gasteiger partial charge in [0.2, 0.25) is 0 Å². The summed E-state index contributed by atoms with van der Waals surface area (Å²) in [6.45, 7) is 2.71. The molecule has 0 saturated carbocycles. The van der Waals surface area contributed by atoms with Gasteiger partial charge in [-0.3, -0.25) is 0 Å². The molecule has 2 heterocycles. The lowest BCUT2D eigenvalue weighted by Gasteiger charge is -2.10. The monoisotopic (exact) mass is 296 g/mol. The summed E-state index contributed by atoms with van der Waals surface area (Å²) in [7, 11) is -3.71. The number of rotatable bonds is 7. The molecule has 0 aliphatic heterocycles. The van der Waals surface area contributed by atoms with Gasteiger partial charge in [0.1, 0.15) is 0 Å². The molecular formula is C12H16N4O3S. The predicted octanol–water partition coefficient (Wildman–Crippen LogP) is 1.37. The minimum atomic E-state index is -3.71. The van der Waals surface area contributed by atoms with E-state index in [4.69, 9.17) is 4.52 Å². The standard InChI is InChI=1S/C12H16N4O3S/c1-2-6-13-11-4-3-7-14-12(11)20(17,18)16-9-10-5-8-15-19-10/h3-5,7-8,13,16H,2,6,9H2,1H3. The third-order valence-electron chi connectivity index (χ3n) is 2.52. The van der Waals surface area contributed by atoms with Crippen LogP contribution in [0.25, 0.3) is 0 Å². The molecule has 0 unspecified atom stereocenters. The van der Waals surface area contributed by atoms with Crippen molar-refractivity contribution in [3.05, 3.63) is 36.4 Å². The highest BCUT2D eigenvalue weighted by Crippen LogP contribution is 2.18. The molecular weight excluding hydrogens is 280 g/mol. The van der Waals surface area contributed by atoms with E-state index in [9.17, 15) is 8.42 Å². The average Bonchev–Trinajstić information content (AvgIpc) is 2.97. The molecule has 2 aromatic heterocycles. The SMILES string of the molecule is CCCNc1cccnc1S(=O)(=O)NCc1ccno1. The number of hydrogen-bond donors (Lipinski definition) is 2. The largest absolute Gasteiger partial charge is 0.383 e. The fourth-order valence-corrected chi connectivity index (χ4v) is 2.67. The number of nitrogens with zero attached hydrogens (tertiary/aromatic N) is 2. The van der Waals surface area contributed by atoms with Crippen LogP contribution in [0.2, 0.25) is 0 Å². The number of aromatic nitrogens is 2. The zero-order valence-electron chi connectivity index (χ0n) is 11.0. The number of hydrogen-bond acceptors (Lipinski definition) is 6. The normalized spacial score (nSPS) is 11.4. The van der Waals surface area contributed by atoms with Gasteiger partial charge < -0.3 is 9.84 Å². The molecule has 7 nitrogen and oxygen atoms in total. The van der Waals surface area contributed by atoms with E-state index in [1.54, 1.807) is 18.2 Å². The fraction of sp³-hybridized carbons (Fsp3) is 0.333. The smallest absolute Gasteiger partial charge is 0.260 e. The Hall–Kier alpha value is -1.93. The van der Waals surface area contributed by atoms with Gasteiger partial charge >= 0.3 is 0 Å². The van der Waals surface area contributed by atoms with Crippen LogP contribution in [-0.4, -0.2) is 25.1 Å². The van der Waals surface area contributed by atoms with Gasteiger partial charge in [0, 0.05) is 18.8 Å². The molecule has 20 heavy (non-hydrogen) atoms. The summed E-state index contributed by atoms with van der Waals surface area (Å²) in [5.41, 5.74) is 0.486. The second-order valence-electron chi connectivity index (χ2n) is 4.09. The van der Waals surface area contributed by atoms with Gasteiger partial charge in [0.05, 0.1) is 18.4 Å². The van der Waals surface area contributed by atoms with E-state index in [1.807, 2.05) is 6.92 Å². The van der Waals surface area contributed by atoms with Gasteiger partial charge in [-0.15, -0.1) is 0 Å². The molecule has 0 fully saturated rings. The highest BCUT2D eigenvalue weighted by molar-refractivity contribution is 7.89. The Morgan fingerprint density at radius 1 is 1.30 bits per heavy atom. The van der Waals surface area contributed by atoms with Crippen molar-refractivity contribution in [2.75, 3.05) is 11.9 Å². The molecule has 0 spiro atoms. The molecule has 0 aliphatic rings. The van der Waals surface area contributed by atoms with Crippen LogP contribution >= 0.6 is 0 Å². The average molecular weight is 296 g/mol. The summed E-state index contributed by atoms with van der Waals surface area (Å²) in [4.78, 5) is 3.94. The topological polar surface area (TPSA) is 97.1 Å². The van der Waals surface area contributed by atoms with Gasteiger partial charge in [-0.25, -0.2) is 18.1 Å². The Balaban J connectivity index is 2.16. The summed E-state index contributed by atoms with van der Waals surface area (Å²) in [5.74, 6) is 0.438. The molecule has 8 heteroatoms. The highest BCUT2D eigenvalue weighted by atomic mass is 32.2. The fourth-order valence-electron chi connectivity index (χ4n) is 1.57. The van der Waals surface area contributed by atoms with Crippen molar-refractivity contribution in [3.8, 4) is 0 Å². The van der Waals surface area contributed by atoms with Gasteiger partial charge in [-0.05, 0) is 18.6 Å². The van der Waals surface area contributed by atoms with E-state index in [0.717, 1.165) is 6.42 Å². The molecule has 0 amide bonds. The van der Waals surface area contributed by atoms with Crippen molar-refractivity contribution >= 4 is 15.7 Å². The number of anilines is 1. The lowest BCUT2D eigenvalue weighted by Crippen LogP contribution is -2.25. The maximum Gasteiger partial charge on any atom is 0.260 e. The second-order valence-corrected chi connectivity index (χ2v) is 5.77. The summed E-state index contributed by atoms with van der Waals surface area (Å²) < 4.78 is 31.7. The van der Waals surface area contributed by atoms with Crippen molar-refractivity contribution in [3.63, 3.8) is 0 Å². The van der Waals surface area contributed by atoms with Crippen LogP contribution in [0, 0.1) is 0 Å². The molecule has 2 N–H and O–H groups in total. The Kier molecular flexibility index (Phi) is 4.70. The molecule has 0 bridgehead atoms. The van der Waals surface area contributed by atoms with Gasteiger partial charge in [-0.1, -0.05) is 12.1 Å². The Labute approximate surface area is 117 Å². The van der Waals surface area contributed by atoms with E-state index in [-0.39, 0.29) is 11.6 Å². The molecule has 0 aliphatic carbocycles. The predicted molar refractivity (Wildman–Crippen MR) is 73.5 cm³/mol. The first-order valence-electron chi connectivity index (χ1n) is 6.21.